The molecule has 1 aromatic carbocycles. The highest BCUT2D eigenvalue weighted by molar-refractivity contribution is 6.00. The van der Waals surface area contributed by atoms with E-state index in [-0.39, 0.29) is 86.7 Å². The standard InChI is InChI=1S/C51H72N16O12/c1-22(2)14-32-47(75)65-40(24(5)6)48(76)63-34-17-28-27-10-9-25(39(23(3)4)41(49(77)62-32)66-44(72)30-11-12-37(69)58-30)15-31(27)60-42(28)67-20-26(57-21-67)16-33(45(73)64-35(50(78)79)18-36(52)68)59-38(70)19-56-43(71)29(61-46(34)74)8-7-13-55-51(53)54/h9-10,15,20-24,29-30,32-35,39-41,60H,7-8,11-14,16-19H2,1-6H3,(H2,52,68)(H,56,71)(H,58,69)(H,59,70)(H,61,74)(H,62,77)(H,63,76)(H,64,73)(H,65,75)(H,66,72)(H,78,79)(H4,53,54,55)/t29-,30-,32-,33-,34-,35-,39+,40-,41-/m0/s1. The van der Waals surface area contributed by atoms with Crippen LogP contribution in [0.4, 0.5) is 0 Å². The van der Waals surface area contributed by atoms with E-state index in [2.05, 4.69) is 62.8 Å². The number of hydrogen-bond acceptors (Lipinski definition) is 13. The van der Waals surface area contributed by atoms with Crippen LogP contribution >= 0.6 is 0 Å². The Kier molecular flexibility index (Phi) is 19.8. The average molecular weight is 1100 g/mol. The molecule has 428 valence electrons. The molecular formula is C51H72N16O12. The summed E-state index contributed by atoms with van der Waals surface area (Å²) in [5.41, 5.74) is 17.9. The Balaban J connectivity index is 1.57. The van der Waals surface area contributed by atoms with Crippen molar-refractivity contribution >= 4 is 81.9 Å². The number of fused-ring (bicyclic) bond motifs is 13. The molecule has 3 aromatic rings. The van der Waals surface area contributed by atoms with E-state index in [1.165, 1.54) is 17.1 Å². The van der Waals surface area contributed by atoms with Crippen LogP contribution < -0.4 is 65.1 Å². The summed E-state index contributed by atoms with van der Waals surface area (Å²) in [5.74, 6) is -11.4. The van der Waals surface area contributed by atoms with Crippen molar-refractivity contribution in [3.8, 4) is 5.82 Å². The Labute approximate surface area is 454 Å². The van der Waals surface area contributed by atoms with Crippen LogP contribution in [0.25, 0.3) is 16.7 Å². The number of nitrogens with two attached hydrogens (primary N) is 3. The summed E-state index contributed by atoms with van der Waals surface area (Å²) < 4.78 is 1.53. The number of carboxylic acids is 1. The third kappa shape index (κ3) is 15.6. The molecule has 2 aromatic heterocycles. The minimum Gasteiger partial charge on any atom is -0.480 e. The number of aliphatic imine (C=N–C) groups is 1. The van der Waals surface area contributed by atoms with Crippen LogP contribution in [0, 0.1) is 17.8 Å². The number of H-pyrrole nitrogens is 1. The normalized spacial score (nSPS) is 23.9. The van der Waals surface area contributed by atoms with Crippen molar-refractivity contribution in [3.05, 3.63) is 47.5 Å². The van der Waals surface area contributed by atoms with E-state index < -0.39 is 132 Å². The number of aliphatic carboxylic acids is 1. The van der Waals surface area contributed by atoms with Gasteiger partial charge >= 0.3 is 5.97 Å². The number of amides is 10. The molecule has 0 saturated carbocycles. The van der Waals surface area contributed by atoms with Gasteiger partial charge < -0.3 is 75.1 Å². The van der Waals surface area contributed by atoms with Gasteiger partial charge in [-0.2, -0.15) is 0 Å². The van der Waals surface area contributed by atoms with Crippen LogP contribution in [0.15, 0.2) is 35.7 Å². The molecule has 0 radical (unpaired) electrons. The van der Waals surface area contributed by atoms with Gasteiger partial charge in [-0.1, -0.05) is 53.7 Å². The first-order valence-electron chi connectivity index (χ1n) is 26.2. The van der Waals surface area contributed by atoms with Gasteiger partial charge in [0.1, 0.15) is 60.5 Å². The van der Waals surface area contributed by atoms with E-state index in [4.69, 9.17) is 17.2 Å². The second kappa shape index (κ2) is 26.2. The summed E-state index contributed by atoms with van der Waals surface area (Å²) >= 11 is 0. The Hall–Kier alpha value is -8.59. The Bertz CT molecular complexity index is 2870. The minimum atomic E-state index is -1.78. The first-order chi connectivity index (χ1) is 37.3. The van der Waals surface area contributed by atoms with Gasteiger partial charge in [-0.25, -0.2) is 9.78 Å². The highest BCUT2D eigenvalue weighted by atomic mass is 16.4. The van der Waals surface area contributed by atoms with Crippen LogP contribution in [0.5, 0.6) is 0 Å². The third-order valence-corrected chi connectivity index (χ3v) is 13.9. The molecule has 17 N–H and O–H groups in total. The number of rotatable bonds is 15. The number of carbonyl (C=O) groups excluding carboxylic acids is 10. The van der Waals surface area contributed by atoms with E-state index in [0.717, 1.165) is 0 Å². The second-order valence-corrected chi connectivity index (χ2v) is 21.3. The monoisotopic (exact) mass is 1100 g/mol. The summed E-state index contributed by atoms with van der Waals surface area (Å²) in [6, 6.07) is -5.79. The van der Waals surface area contributed by atoms with Crippen molar-refractivity contribution in [2.24, 2.45) is 39.9 Å². The molecule has 6 heterocycles. The molecule has 1 saturated heterocycles. The molecule has 28 nitrogen and oxygen atoms in total. The van der Waals surface area contributed by atoms with E-state index in [1.807, 2.05) is 27.7 Å². The zero-order chi connectivity index (χ0) is 58.0. The first-order valence-corrected chi connectivity index (χ1v) is 26.2. The van der Waals surface area contributed by atoms with Gasteiger partial charge in [0.05, 0.1) is 18.7 Å². The van der Waals surface area contributed by atoms with Gasteiger partial charge in [0.2, 0.25) is 59.1 Å². The molecular weight excluding hydrogens is 1030 g/mol. The van der Waals surface area contributed by atoms with Crippen molar-refractivity contribution in [2.45, 2.75) is 147 Å². The molecule has 9 atom stereocenters. The van der Waals surface area contributed by atoms with E-state index in [0.29, 0.717) is 22.0 Å². The number of nitrogens with one attached hydrogen (secondary N) is 10. The van der Waals surface area contributed by atoms with E-state index >= 15 is 0 Å². The quantitative estimate of drug-likeness (QED) is 0.0307. The maximum Gasteiger partial charge on any atom is 0.326 e. The first kappa shape index (κ1) is 59.7. The smallest absolute Gasteiger partial charge is 0.326 e. The highest BCUT2D eigenvalue weighted by Crippen LogP contribution is 2.35. The summed E-state index contributed by atoms with van der Waals surface area (Å²) in [6.45, 7) is 10.0. The van der Waals surface area contributed by atoms with Gasteiger partial charge in [-0.15, -0.1) is 0 Å². The Morgan fingerprint density at radius 1 is 0.797 bits per heavy atom. The lowest BCUT2D eigenvalue weighted by Crippen LogP contribution is -2.61. The molecule has 0 aliphatic carbocycles. The van der Waals surface area contributed by atoms with Crippen LogP contribution in [0.2, 0.25) is 0 Å². The predicted octanol–water partition coefficient (Wildman–Crippen LogP) is -3.29. The van der Waals surface area contributed by atoms with Crippen molar-refractivity contribution in [1.82, 2.24) is 62.4 Å². The number of aromatic amines is 1. The third-order valence-electron chi connectivity index (χ3n) is 13.9. The Morgan fingerprint density at radius 3 is 2.14 bits per heavy atom. The van der Waals surface area contributed by atoms with Gasteiger partial charge in [0.25, 0.3) is 0 Å². The average Bonchev–Trinajstić information content (AvgIpc) is 4.36. The molecule has 10 amide bonds. The fraction of sp³-hybridized carbons (Fsp3) is 0.549. The van der Waals surface area contributed by atoms with E-state index in [9.17, 15) is 57.8 Å². The molecule has 4 aliphatic rings. The zero-order valence-electron chi connectivity index (χ0n) is 44.9. The summed E-state index contributed by atoms with van der Waals surface area (Å²) in [5, 5.41) is 34.3. The second-order valence-electron chi connectivity index (χ2n) is 21.3. The molecule has 7 rings (SSSR count). The number of primary amides is 1. The van der Waals surface area contributed by atoms with Crippen molar-refractivity contribution < 1.29 is 57.8 Å². The van der Waals surface area contributed by atoms with Crippen LogP contribution in [0.3, 0.4) is 0 Å². The van der Waals surface area contributed by atoms with Gasteiger partial charge in [0, 0.05) is 54.4 Å². The number of carbonyl (C=O) groups is 11. The number of nitrogens with zero attached hydrogens (tertiary/aromatic N) is 3. The molecule has 1 fully saturated rings. The highest BCUT2D eigenvalue weighted by Gasteiger charge is 2.41. The molecule has 28 heteroatoms. The number of carboxylic acid groups (broad SMARTS) is 1. The molecule has 79 heavy (non-hydrogen) atoms. The van der Waals surface area contributed by atoms with Gasteiger partial charge in [0.15, 0.2) is 5.96 Å². The number of guanidine groups is 1. The van der Waals surface area contributed by atoms with Gasteiger partial charge in [-0.05, 0) is 55.1 Å². The fourth-order valence-corrected chi connectivity index (χ4v) is 9.93. The number of aromatic nitrogens is 3. The lowest BCUT2D eigenvalue weighted by atomic mass is 9.81. The minimum absolute atomic E-state index is 0.0253. The largest absolute Gasteiger partial charge is 0.480 e. The maximum atomic E-state index is 15.0. The molecule has 0 spiro atoms. The molecule has 4 aliphatic heterocycles. The predicted molar refractivity (Wildman–Crippen MR) is 284 cm³/mol. The van der Waals surface area contributed by atoms with Gasteiger partial charge in [-0.3, -0.25) is 57.5 Å². The lowest BCUT2D eigenvalue weighted by molar-refractivity contribution is -0.143. The number of hydrogen-bond donors (Lipinski definition) is 14. The number of benzene rings is 1. The molecule has 0 unspecified atom stereocenters. The topological polar surface area (TPSA) is 440 Å². The van der Waals surface area contributed by atoms with Crippen molar-refractivity contribution in [2.75, 3.05) is 13.1 Å². The Morgan fingerprint density at radius 2 is 1.51 bits per heavy atom. The maximum absolute atomic E-state index is 15.0. The van der Waals surface area contributed by atoms with Crippen LogP contribution in [-0.2, 0) is 65.6 Å². The van der Waals surface area contributed by atoms with Crippen LogP contribution in [0.1, 0.15) is 103 Å². The van der Waals surface area contributed by atoms with E-state index in [1.54, 1.807) is 32.0 Å². The summed E-state index contributed by atoms with van der Waals surface area (Å²) in [7, 11) is 0. The molecule has 7 bridgehead atoms. The SMILES string of the molecule is CC(C)C[C@@H]1NC(=O)[C@@H](NC(=O)[C@@H]2CCC(=O)N2)[C@H](C(C)C)c2ccc3c4c([nH]c3c2)-n2cnc(c2)C[C@@H](C(=O)N[C@@H](CC(N)=O)C(=O)O)NC(=O)CNC(=O)[C@H](CCCN=C(N)N)NC(=O)[C@H](C4)NC(=O)[C@H](C(C)C)NC1=O. The van der Waals surface area contributed by atoms with Crippen molar-refractivity contribution in [3.63, 3.8) is 0 Å². The van der Waals surface area contributed by atoms with Crippen molar-refractivity contribution in [1.29, 1.82) is 0 Å². The summed E-state index contributed by atoms with van der Waals surface area (Å²) in [6.07, 6.45) is 1.86. The zero-order valence-corrected chi connectivity index (χ0v) is 44.9. The fourth-order valence-electron chi connectivity index (χ4n) is 9.93. The summed E-state index contributed by atoms with van der Waals surface area (Å²) in [4.78, 5) is 163. The number of imidazole rings is 1. The lowest BCUT2D eigenvalue weighted by Gasteiger charge is -2.33. The van der Waals surface area contributed by atoms with Crippen LogP contribution in [-0.4, -0.2) is 152 Å².